The molecule has 108 valence electrons. The van der Waals surface area contributed by atoms with Crippen LogP contribution in [0.25, 0.3) is 0 Å². The van der Waals surface area contributed by atoms with E-state index in [-0.39, 0.29) is 31.0 Å². The van der Waals surface area contributed by atoms with Crippen LogP contribution in [0, 0.1) is 0 Å². The number of amides is 1. The fourth-order valence-corrected chi connectivity index (χ4v) is 2.99. The normalized spacial score (nSPS) is 28.9. The van der Waals surface area contributed by atoms with Gasteiger partial charge in [0.25, 0.3) is 0 Å². The third kappa shape index (κ3) is 2.83. The van der Waals surface area contributed by atoms with Gasteiger partial charge in [0.2, 0.25) is 5.91 Å². The van der Waals surface area contributed by atoms with Crippen molar-refractivity contribution in [1.29, 1.82) is 0 Å². The zero-order chi connectivity index (χ0) is 13.9. The molecule has 0 aromatic heterocycles. The molecular weight excluding hydrogens is 257 g/mol. The Morgan fingerprint density at radius 3 is 3.00 bits per heavy atom. The predicted molar refractivity (Wildman–Crippen MR) is 75.2 cm³/mol. The van der Waals surface area contributed by atoms with Gasteiger partial charge in [0.15, 0.2) is 0 Å². The number of hydrogen-bond donors (Lipinski definition) is 3. The molecule has 3 rings (SSSR count). The van der Waals surface area contributed by atoms with Gasteiger partial charge in [-0.3, -0.25) is 4.79 Å². The molecule has 0 saturated carbocycles. The van der Waals surface area contributed by atoms with Crippen LogP contribution < -0.4 is 16.0 Å². The molecular formula is C15H20FN3O. The maximum absolute atomic E-state index is 13.1. The van der Waals surface area contributed by atoms with Gasteiger partial charge in [-0.1, -0.05) is 24.3 Å². The number of rotatable bonds is 3. The van der Waals surface area contributed by atoms with Gasteiger partial charge < -0.3 is 16.0 Å². The Morgan fingerprint density at radius 2 is 2.20 bits per heavy atom. The van der Waals surface area contributed by atoms with Crippen molar-refractivity contribution in [1.82, 2.24) is 16.0 Å². The third-order valence-electron chi connectivity index (χ3n) is 4.09. The van der Waals surface area contributed by atoms with Crippen LogP contribution >= 0.6 is 0 Å². The number of carbonyl (C=O) groups is 1. The third-order valence-corrected chi connectivity index (χ3v) is 4.09. The highest BCUT2D eigenvalue weighted by atomic mass is 19.1. The quantitative estimate of drug-likeness (QED) is 0.762. The standard InChI is InChI=1S/C15H20FN3O/c16-11-7-13(18-8-11)15(20)19-9-14-12-4-2-1-3-10(12)5-6-17-14/h1-4,11,13-14,17-18H,5-9H2,(H,19,20)/t11-,13+,14?/m0/s1. The zero-order valence-corrected chi connectivity index (χ0v) is 11.4. The van der Waals surface area contributed by atoms with E-state index >= 15 is 0 Å². The highest BCUT2D eigenvalue weighted by Crippen LogP contribution is 2.22. The Hall–Kier alpha value is -1.46. The topological polar surface area (TPSA) is 53.2 Å². The maximum Gasteiger partial charge on any atom is 0.237 e. The van der Waals surface area contributed by atoms with Crippen molar-refractivity contribution < 1.29 is 9.18 Å². The summed E-state index contributed by atoms with van der Waals surface area (Å²) in [5.41, 5.74) is 2.59. The molecule has 1 saturated heterocycles. The van der Waals surface area contributed by atoms with Crippen molar-refractivity contribution >= 4 is 5.91 Å². The molecule has 1 amide bonds. The van der Waals surface area contributed by atoms with E-state index in [2.05, 4.69) is 28.1 Å². The van der Waals surface area contributed by atoms with Gasteiger partial charge >= 0.3 is 0 Å². The first-order valence-corrected chi connectivity index (χ1v) is 7.20. The first-order chi connectivity index (χ1) is 9.74. The zero-order valence-electron chi connectivity index (χ0n) is 11.4. The van der Waals surface area contributed by atoms with Crippen molar-refractivity contribution in [2.24, 2.45) is 0 Å². The highest BCUT2D eigenvalue weighted by molar-refractivity contribution is 5.82. The molecule has 0 spiro atoms. The van der Waals surface area contributed by atoms with Gasteiger partial charge in [-0.15, -0.1) is 0 Å². The van der Waals surface area contributed by atoms with Crippen molar-refractivity contribution in [2.45, 2.75) is 31.1 Å². The summed E-state index contributed by atoms with van der Waals surface area (Å²) in [7, 11) is 0. The molecule has 1 unspecified atom stereocenters. The van der Waals surface area contributed by atoms with Crippen LogP contribution in [-0.2, 0) is 11.2 Å². The smallest absolute Gasteiger partial charge is 0.237 e. The molecule has 0 radical (unpaired) electrons. The number of fused-ring (bicyclic) bond motifs is 1. The second kappa shape index (κ2) is 5.89. The summed E-state index contributed by atoms with van der Waals surface area (Å²) >= 11 is 0. The van der Waals surface area contributed by atoms with Gasteiger partial charge in [-0.05, 0) is 24.1 Å². The molecule has 1 aromatic rings. The predicted octanol–water partition coefficient (Wildman–Crippen LogP) is 0.690. The van der Waals surface area contributed by atoms with Crippen LogP contribution in [0.15, 0.2) is 24.3 Å². The lowest BCUT2D eigenvalue weighted by Crippen LogP contribution is -2.45. The summed E-state index contributed by atoms with van der Waals surface area (Å²) in [6.45, 7) is 1.75. The fraction of sp³-hybridized carbons (Fsp3) is 0.533. The van der Waals surface area contributed by atoms with E-state index < -0.39 is 6.17 Å². The van der Waals surface area contributed by atoms with Crippen LogP contribution in [-0.4, -0.2) is 37.8 Å². The SMILES string of the molecule is O=C(NCC1NCCc2ccccc21)[C@H]1C[C@H](F)CN1. The van der Waals surface area contributed by atoms with Crippen molar-refractivity contribution in [2.75, 3.05) is 19.6 Å². The van der Waals surface area contributed by atoms with Gasteiger partial charge in [0.1, 0.15) is 6.17 Å². The van der Waals surface area contributed by atoms with E-state index in [4.69, 9.17) is 0 Å². The number of carbonyl (C=O) groups excluding carboxylic acids is 1. The first kappa shape index (κ1) is 13.5. The van der Waals surface area contributed by atoms with E-state index in [9.17, 15) is 9.18 Å². The monoisotopic (exact) mass is 277 g/mol. The molecule has 2 aliphatic heterocycles. The Balaban J connectivity index is 1.58. The van der Waals surface area contributed by atoms with E-state index in [0.717, 1.165) is 13.0 Å². The average Bonchev–Trinajstić information content (AvgIpc) is 2.91. The minimum absolute atomic E-state index is 0.102. The Labute approximate surface area is 118 Å². The molecule has 1 aromatic carbocycles. The molecule has 1 fully saturated rings. The van der Waals surface area contributed by atoms with Gasteiger partial charge in [-0.2, -0.15) is 0 Å². The summed E-state index contributed by atoms with van der Waals surface area (Å²) in [5, 5.41) is 9.25. The van der Waals surface area contributed by atoms with E-state index in [1.807, 2.05) is 12.1 Å². The summed E-state index contributed by atoms with van der Waals surface area (Å²) < 4.78 is 13.1. The second-order valence-corrected chi connectivity index (χ2v) is 5.49. The van der Waals surface area contributed by atoms with Crippen molar-refractivity contribution in [3.8, 4) is 0 Å². The fourth-order valence-electron chi connectivity index (χ4n) is 2.99. The number of halogens is 1. The number of hydrogen-bond acceptors (Lipinski definition) is 3. The van der Waals surface area contributed by atoms with E-state index in [1.165, 1.54) is 11.1 Å². The van der Waals surface area contributed by atoms with Gasteiger partial charge in [-0.25, -0.2) is 4.39 Å². The molecule has 20 heavy (non-hydrogen) atoms. The van der Waals surface area contributed by atoms with Crippen LogP contribution in [0.4, 0.5) is 4.39 Å². The minimum Gasteiger partial charge on any atom is -0.353 e. The van der Waals surface area contributed by atoms with Gasteiger partial charge in [0.05, 0.1) is 6.04 Å². The molecule has 4 nitrogen and oxygen atoms in total. The molecule has 3 N–H and O–H groups in total. The summed E-state index contributed by atoms with van der Waals surface area (Å²) in [6.07, 6.45) is 0.397. The van der Waals surface area contributed by atoms with Crippen LogP contribution in [0.2, 0.25) is 0 Å². The summed E-state index contributed by atoms with van der Waals surface area (Å²) in [5.74, 6) is -0.102. The summed E-state index contributed by atoms with van der Waals surface area (Å²) in [4.78, 5) is 12.0. The largest absolute Gasteiger partial charge is 0.353 e. The van der Waals surface area contributed by atoms with Crippen molar-refractivity contribution in [3.05, 3.63) is 35.4 Å². The number of alkyl halides is 1. The Kier molecular flexibility index (Phi) is 3.98. The van der Waals surface area contributed by atoms with E-state index in [1.54, 1.807) is 0 Å². The molecule has 2 heterocycles. The van der Waals surface area contributed by atoms with Crippen LogP contribution in [0.5, 0.6) is 0 Å². The average molecular weight is 277 g/mol. The van der Waals surface area contributed by atoms with E-state index in [0.29, 0.717) is 6.54 Å². The Bertz CT molecular complexity index is 494. The van der Waals surface area contributed by atoms with Gasteiger partial charge in [0, 0.05) is 25.6 Å². The van der Waals surface area contributed by atoms with Crippen LogP contribution in [0.1, 0.15) is 23.6 Å². The minimum atomic E-state index is -0.903. The lowest BCUT2D eigenvalue weighted by Gasteiger charge is -2.27. The molecule has 2 aliphatic rings. The molecule has 0 bridgehead atoms. The first-order valence-electron chi connectivity index (χ1n) is 7.20. The molecule has 3 atom stereocenters. The molecule has 5 heteroatoms. The van der Waals surface area contributed by atoms with Crippen molar-refractivity contribution in [3.63, 3.8) is 0 Å². The Morgan fingerprint density at radius 1 is 1.35 bits per heavy atom. The highest BCUT2D eigenvalue weighted by Gasteiger charge is 2.29. The maximum atomic E-state index is 13.1. The summed E-state index contributed by atoms with van der Waals surface area (Å²) in [6, 6.07) is 8.06. The van der Waals surface area contributed by atoms with Crippen LogP contribution in [0.3, 0.4) is 0 Å². The number of nitrogens with one attached hydrogen (secondary N) is 3. The number of benzene rings is 1. The lowest BCUT2D eigenvalue weighted by atomic mass is 9.94. The second-order valence-electron chi connectivity index (χ2n) is 5.49. The lowest BCUT2D eigenvalue weighted by molar-refractivity contribution is -0.122. The molecule has 0 aliphatic carbocycles.